The molecule has 0 bridgehead atoms. The van der Waals surface area contributed by atoms with Gasteiger partial charge in [-0.2, -0.15) is 0 Å². The minimum absolute atomic E-state index is 0.246. The first-order chi connectivity index (χ1) is 7.25. The summed E-state index contributed by atoms with van der Waals surface area (Å²) in [4.78, 5) is 15.4. The Bertz CT molecular complexity index is 467. The van der Waals surface area contributed by atoms with Gasteiger partial charge in [-0.05, 0) is 12.1 Å². The van der Waals surface area contributed by atoms with Crippen LogP contribution in [0.25, 0.3) is 0 Å². The van der Waals surface area contributed by atoms with Gasteiger partial charge in [0.1, 0.15) is 17.6 Å². The number of nitrogens with zero attached hydrogens (tertiary/aromatic N) is 2. The molecule has 2 heterocycles. The second-order valence-electron chi connectivity index (χ2n) is 2.84. The highest BCUT2D eigenvalue weighted by molar-refractivity contribution is 6.03. The van der Waals surface area contributed by atoms with Crippen molar-refractivity contribution in [3.63, 3.8) is 0 Å². The predicted octanol–water partition coefficient (Wildman–Crippen LogP) is 0.904. The largest absolute Gasteiger partial charge is 0.399 e. The van der Waals surface area contributed by atoms with Gasteiger partial charge in [0.05, 0.1) is 6.20 Å². The van der Waals surface area contributed by atoms with Crippen LogP contribution in [0.5, 0.6) is 0 Å². The van der Waals surface area contributed by atoms with E-state index in [1.165, 1.54) is 24.7 Å². The molecule has 0 saturated heterocycles. The number of carbonyl (C=O) groups is 1. The molecule has 0 saturated carbocycles. The zero-order valence-corrected chi connectivity index (χ0v) is 7.68. The summed E-state index contributed by atoms with van der Waals surface area (Å²) in [6.07, 6.45) is 4.19. The van der Waals surface area contributed by atoms with E-state index in [0.717, 1.165) is 0 Å². The first-order valence-corrected chi connectivity index (χ1v) is 4.18. The van der Waals surface area contributed by atoms with Gasteiger partial charge < -0.3 is 15.6 Å². The number of nitrogens with two attached hydrogens (primary N) is 1. The fourth-order valence-electron chi connectivity index (χ4n) is 1.03. The van der Waals surface area contributed by atoms with Crippen molar-refractivity contribution in [1.29, 1.82) is 0 Å². The van der Waals surface area contributed by atoms with E-state index >= 15 is 0 Å². The number of hydrogen-bond acceptors (Lipinski definition) is 5. The third kappa shape index (κ3) is 2.11. The first kappa shape index (κ1) is 9.20. The van der Waals surface area contributed by atoms with Crippen molar-refractivity contribution in [2.24, 2.45) is 0 Å². The van der Waals surface area contributed by atoms with E-state index < -0.39 is 0 Å². The number of carbonyl (C=O) groups excluding carboxylic acids is 1. The quantitative estimate of drug-likeness (QED) is 0.758. The second-order valence-corrected chi connectivity index (χ2v) is 2.84. The Kier molecular flexibility index (Phi) is 2.32. The summed E-state index contributed by atoms with van der Waals surface area (Å²) in [5.41, 5.74) is 6.73. The molecule has 0 aliphatic heterocycles. The van der Waals surface area contributed by atoms with Gasteiger partial charge in [0.2, 0.25) is 0 Å². The van der Waals surface area contributed by atoms with Crippen molar-refractivity contribution in [1.82, 2.24) is 10.1 Å². The van der Waals surface area contributed by atoms with Crippen molar-refractivity contribution < 1.29 is 9.32 Å². The minimum atomic E-state index is -0.356. The van der Waals surface area contributed by atoms with Crippen molar-refractivity contribution >= 4 is 17.3 Å². The lowest BCUT2D eigenvalue weighted by atomic mass is 10.3. The highest BCUT2D eigenvalue weighted by atomic mass is 16.5. The zero-order valence-electron chi connectivity index (χ0n) is 7.68. The van der Waals surface area contributed by atoms with Gasteiger partial charge in [-0.3, -0.25) is 9.78 Å². The average Bonchev–Trinajstić information content (AvgIpc) is 2.70. The summed E-state index contributed by atoms with van der Waals surface area (Å²) in [7, 11) is 0. The van der Waals surface area contributed by atoms with Crippen LogP contribution in [0.15, 0.2) is 35.3 Å². The maximum atomic E-state index is 11.6. The van der Waals surface area contributed by atoms with E-state index in [2.05, 4.69) is 20.0 Å². The molecule has 0 aliphatic rings. The number of aromatic nitrogens is 2. The maximum absolute atomic E-state index is 11.6. The SMILES string of the molecule is Nc1ccnc(C(=O)Nc2cnoc2)c1. The van der Waals surface area contributed by atoms with Gasteiger partial charge in [-0.1, -0.05) is 5.16 Å². The van der Waals surface area contributed by atoms with Gasteiger partial charge in [0.15, 0.2) is 0 Å². The smallest absolute Gasteiger partial charge is 0.274 e. The third-order valence-corrected chi connectivity index (χ3v) is 1.71. The molecule has 6 nitrogen and oxygen atoms in total. The average molecular weight is 204 g/mol. The molecule has 0 atom stereocenters. The van der Waals surface area contributed by atoms with Gasteiger partial charge in [0, 0.05) is 11.9 Å². The van der Waals surface area contributed by atoms with Crippen molar-refractivity contribution in [2.45, 2.75) is 0 Å². The molecule has 2 rings (SSSR count). The molecule has 2 aromatic heterocycles. The van der Waals surface area contributed by atoms with Crippen LogP contribution in [-0.2, 0) is 0 Å². The summed E-state index contributed by atoms with van der Waals surface area (Å²) in [5, 5.41) is 6.00. The summed E-state index contributed by atoms with van der Waals surface area (Å²) in [6, 6.07) is 3.10. The lowest BCUT2D eigenvalue weighted by Gasteiger charge is -2.01. The molecular formula is C9H8N4O2. The van der Waals surface area contributed by atoms with Crippen LogP contribution < -0.4 is 11.1 Å². The number of amides is 1. The molecule has 3 N–H and O–H groups in total. The van der Waals surface area contributed by atoms with Crippen LogP contribution in [0.2, 0.25) is 0 Å². The van der Waals surface area contributed by atoms with Crippen molar-refractivity contribution in [3.05, 3.63) is 36.5 Å². The standard InChI is InChI=1S/C9H8N4O2/c10-6-1-2-11-8(3-6)9(14)13-7-4-12-15-5-7/h1-5H,(H2,10,11)(H,13,14). The van der Waals surface area contributed by atoms with Gasteiger partial charge in [0.25, 0.3) is 5.91 Å². The molecule has 0 spiro atoms. The van der Waals surface area contributed by atoms with Gasteiger partial charge in [-0.25, -0.2) is 0 Å². The van der Waals surface area contributed by atoms with E-state index in [4.69, 9.17) is 5.73 Å². The van der Waals surface area contributed by atoms with E-state index in [-0.39, 0.29) is 11.6 Å². The lowest BCUT2D eigenvalue weighted by molar-refractivity contribution is 0.102. The summed E-state index contributed by atoms with van der Waals surface area (Å²) < 4.78 is 4.57. The van der Waals surface area contributed by atoms with E-state index in [1.54, 1.807) is 6.07 Å². The fourth-order valence-corrected chi connectivity index (χ4v) is 1.03. The van der Waals surface area contributed by atoms with Crippen LogP contribution in [0.1, 0.15) is 10.5 Å². The van der Waals surface area contributed by atoms with E-state index in [1.807, 2.05) is 0 Å². The van der Waals surface area contributed by atoms with Crippen molar-refractivity contribution in [3.8, 4) is 0 Å². The van der Waals surface area contributed by atoms with Crippen LogP contribution in [0.4, 0.5) is 11.4 Å². The topological polar surface area (TPSA) is 94.0 Å². The number of pyridine rings is 1. The molecule has 0 aromatic carbocycles. The Morgan fingerprint density at radius 3 is 3.07 bits per heavy atom. The van der Waals surface area contributed by atoms with Crippen LogP contribution in [-0.4, -0.2) is 16.0 Å². The number of hydrogen-bond donors (Lipinski definition) is 2. The molecule has 1 amide bonds. The number of anilines is 2. The molecule has 76 valence electrons. The van der Waals surface area contributed by atoms with Crippen LogP contribution in [0, 0.1) is 0 Å². The predicted molar refractivity (Wildman–Crippen MR) is 53.1 cm³/mol. The molecule has 0 unspecified atom stereocenters. The second kappa shape index (κ2) is 3.79. The fraction of sp³-hybridized carbons (Fsp3) is 0. The first-order valence-electron chi connectivity index (χ1n) is 4.18. The lowest BCUT2D eigenvalue weighted by Crippen LogP contribution is -2.13. The molecule has 0 fully saturated rings. The Morgan fingerprint density at radius 1 is 1.53 bits per heavy atom. The molecule has 0 aliphatic carbocycles. The molecule has 6 heteroatoms. The Morgan fingerprint density at radius 2 is 2.40 bits per heavy atom. The van der Waals surface area contributed by atoms with Crippen molar-refractivity contribution in [2.75, 3.05) is 11.1 Å². The number of nitrogen functional groups attached to an aromatic ring is 1. The highest BCUT2D eigenvalue weighted by Crippen LogP contribution is 2.08. The third-order valence-electron chi connectivity index (χ3n) is 1.71. The zero-order chi connectivity index (χ0) is 10.7. The number of nitrogens with one attached hydrogen (secondary N) is 1. The Hall–Kier alpha value is -2.37. The summed E-state index contributed by atoms with van der Waals surface area (Å²) in [5.74, 6) is -0.356. The summed E-state index contributed by atoms with van der Waals surface area (Å²) in [6.45, 7) is 0. The van der Waals surface area contributed by atoms with Gasteiger partial charge in [-0.15, -0.1) is 0 Å². The molecule has 15 heavy (non-hydrogen) atoms. The Labute approximate surface area is 85.1 Å². The van der Waals surface area contributed by atoms with Crippen LogP contribution >= 0.6 is 0 Å². The molecular weight excluding hydrogens is 196 g/mol. The normalized spacial score (nSPS) is 9.87. The summed E-state index contributed by atoms with van der Waals surface area (Å²) >= 11 is 0. The monoisotopic (exact) mass is 204 g/mol. The maximum Gasteiger partial charge on any atom is 0.274 e. The van der Waals surface area contributed by atoms with E-state index in [9.17, 15) is 4.79 Å². The number of rotatable bonds is 2. The minimum Gasteiger partial charge on any atom is -0.399 e. The highest BCUT2D eigenvalue weighted by Gasteiger charge is 2.08. The van der Waals surface area contributed by atoms with E-state index in [0.29, 0.717) is 11.4 Å². The Balaban J connectivity index is 2.15. The van der Waals surface area contributed by atoms with Crippen LogP contribution in [0.3, 0.4) is 0 Å². The molecule has 2 aromatic rings. The molecule has 0 radical (unpaired) electrons. The van der Waals surface area contributed by atoms with Gasteiger partial charge >= 0.3 is 0 Å².